The van der Waals surface area contributed by atoms with Gasteiger partial charge in [-0.1, -0.05) is 30.3 Å². The van der Waals surface area contributed by atoms with Gasteiger partial charge in [0.05, 0.1) is 47.4 Å². The molecule has 0 unspecified atom stereocenters. The van der Waals surface area contributed by atoms with Gasteiger partial charge in [-0.25, -0.2) is 9.98 Å². The van der Waals surface area contributed by atoms with Crippen LogP contribution in [0.15, 0.2) is 46.0 Å². The van der Waals surface area contributed by atoms with Crippen molar-refractivity contribution in [3.63, 3.8) is 0 Å². The fourth-order valence-electron chi connectivity index (χ4n) is 4.07. The second-order valence-electron chi connectivity index (χ2n) is 7.84. The van der Waals surface area contributed by atoms with E-state index in [1.807, 2.05) is 35.3 Å². The molecule has 0 amide bonds. The zero-order chi connectivity index (χ0) is 23.8. The van der Waals surface area contributed by atoms with Crippen LogP contribution in [0.3, 0.4) is 0 Å². The van der Waals surface area contributed by atoms with E-state index in [4.69, 9.17) is 15.0 Å². The summed E-state index contributed by atoms with van der Waals surface area (Å²) in [6.07, 6.45) is 1.54. The highest BCUT2D eigenvalue weighted by molar-refractivity contribution is 7.21. The maximum Gasteiger partial charge on any atom is 0.324 e. The zero-order valence-corrected chi connectivity index (χ0v) is 19.5. The SMILES string of the molecule is CC(=O)c1c(C)nc2sc(/C([O-])=N/c3c[n+](N4CCOCC4)no3)c(N)c2c1-c1ccccc1. The standard InChI is InChI=1S/C23H22N6O4S/c1-13-17(14(2)30)18(15-6-4-3-5-7-15)19-20(24)21(34-23(19)25-13)22(31)26-16-12-29(27-33-16)28-8-10-32-11-9-28/h3-7,12H,8-11H2,1-2H3,(H2-,24,26,27,31). The largest absolute Gasteiger partial charge is 0.857 e. The molecule has 2 N–H and O–H groups in total. The number of aromatic nitrogens is 3. The summed E-state index contributed by atoms with van der Waals surface area (Å²) in [5.74, 6) is -0.625. The summed E-state index contributed by atoms with van der Waals surface area (Å²) < 4.78 is 10.6. The molecular formula is C23H22N6O4S. The number of Topliss-reactive ketones (excluding diaryl/α,β-unsaturated/α-hetero) is 1. The van der Waals surface area contributed by atoms with Gasteiger partial charge in [0.15, 0.2) is 5.78 Å². The Kier molecular flexibility index (Phi) is 5.72. The maximum absolute atomic E-state index is 13.1. The summed E-state index contributed by atoms with van der Waals surface area (Å²) >= 11 is 1.14. The number of nitrogens with two attached hydrogens (primary N) is 1. The molecule has 174 valence electrons. The second-order valence-corrected chi connectivity index (χ2v) is 8.84. The summed E-state index contributed by atoms with van der Waals surface area (Å²) in [6.45, 7) is 5.76. The summed E-state index contributed by atoms with van der Waals surface area (Å²) in [6, 6.07) is 9.48. The number of aliphatic imine (C=N–C) groups is 1. The molecule has 0 bridgehead atoms. The number of hydrogen-bond donors (Lipinski definition) is 1. The van der Waals surface area contributed by atoms with Gasteiger partial charge in [-0.05, 0) is 19.4 Å². The topological polar surface area (TPSA) is 134 Å². The van der Waals surface area contributed by atoms with Gasteiger partial charge >= 0.3 is 5.88 Å². The van der Waals surface area contributed by atoms with Gasteiger partial charge in [0.25, 0.3) is 6.20 Å². The molecule has 1 saturated heterocycles. The van der Waals surface area contributed by atoms with Gasteiger partial charge in [0.1, 0.15) is 4.83 Å². The number of pyridine rings is 1. The Hall–Kier alpha value is -3.83. The first-order valence-corrected chi connectivity index (χ1v) is 11.5. The molecule has 34 heavy (non-hydrogen) atoms. The number of nitrogen functional groups attached to an aromatic ring is 1. The number of aryl methyl sites for hydroxylation is 1. The molecule has 10 nitrogen and oxygen atoms in total. The molecule has 5 rings (SSSR count). The van der Waals surface area contributed by atoms with Gasteiger partial charge in [0.2, 0.25) is 5.27 Å². The first kappa shape index (κ1) is 22.0. The van der Waals surface area contributed by atoms with E-state index in [1.165, 1.54) is 11.7 Å². The number of ketones is 1. The third kappa shape index (κ3) is 3.88. The van der Waals surface area contributed by atoms with Crippen molar-refractivity contribution >= 4 is 44.8 Å². The van der Waals surface area contributed by atoms with E-state index in [0.717, 1.165) is 16.9 Å². The first-order chi connectivity index (χ1) is 16.4. The highest BCUT2D eigenvalue weighted by Crippen LogP contribution is 2.42. The third-order valence-electron chi connectivity index (χ3n) is 5.60. The molecule has 0 saturated carbocycles. The number of thiophene rings is 1. The molecular weight excluding hydrogens is 456 g/mol. The average Bonchev–Trinajstić information content (AvgIpc) is 3.43. The van der Waals surface area contributed by atoms with Crippen molar-refractivity contribution in [3.05, 3.63) is 52.7 Å². The molecule has 1 fully saturated rings. The van der Waals surface area contributed by atoms with E-state index in [2.05, 4.69) is 15.2 Å². The van der Waals surface area contributed by atoms with Gasteiger partial charge in [-0.3, -0.25) is 9.32 Å². The minimum Gasteiger partial charge on any atom is -0.857 e. The summed E-state index contributed by atoms with van der Waals surface area (Å²) in [5, 5.41) is 19.5. The van der Waals surface area contributed by atoms with E-state index in [-0.39, 0.29) is 22.2 Å². The van der Waals surface area contributed by atoms with Crippen LogP contribution >= 0.6 is 11.3 Å². The van der Waals surface area contributed by atoms with Crippen LogP contribution in [0.2, 0.25) is 0 Å². The summed E-state index contributed by atoms with van der Waals surface area (Å²) in [4.78, 5) is 23.5. The van der Waals surface area contributed by atoms with Crippen molar-refractivity contribution in [2.24, 2.45) is 4.99 Å². The van der Waals surface area contributed by atoms with Crippen LogP contribution in [-0.2, 0) is 4.74 Å². The predicted molar refractivity (Wildman–Crippen MR) is 126 cm³/mol. The monoisotopic (exact) mass is 478 g/mol. The fourth-order valence-corrected chi connectivity index (χ4v) is 5.11. The fraction of sp³-hybridized carbons (Fsp3) is 0.261. The lowest BCUT2D eigenvalue weighted by molar-refractivity contribution is -0.759. The van der Waals surface area contributed by atoms with Gasteiger partial charge < -0.3 is 15.6 Å². The molecule has 4 aromatic rings. The highest BCUT2D eigenvalue weighted by Gasteiger charge is 2.25. The highest BCUT2D eigenvalue weighted by atomic mass is 32.1. The Morgan fingerprint density at radius 2 is 2.00 bits per heavy atom. The van der Waals surface area contributed by atoms with Gasteiger partial charge in [-0.2, -0.15) is 0 Å². The number of carbonyl (C=O) groups is 1. The Morgan fingerprint density at radius 1 is 1.26 bits per heavy atom. The van der Waals surface area contributed by atoms with Crippen LogP contribution < -0.4 is 20.6 Å². The number of carbonyl (C=O) groups excluding carboxylic acids is 1. The minimum atomic E-state index is -0.563. The number of morpholine rings is 1. The van der Waals surface area contributed by atoms with Crippen LogP contribution in [0.1, 0.15) is 27.9 Å². The van der Waals surface area contributed by atoms with E-state index in [9.17, 15) is 9.90 Å². The van der Waals surface area contributed by atoms with E-state index in [1.54, 1.807) is 13.1 Å². The number of hydrogen-bond acceptors (Lipinski definition) is 10. The molecule has 3 aromatic heterocycles. The molecule has 0 aliphatic carbocycles. The van der Waals surface area contributed by atoms with E-state index < -0.39 is 5.90 Å². The third-order valence-corrected chi connectivity index (χ3v) is 6.69. The zero-order valence-electron chi connectivity index (χ0n) is 18.6. The van der Waals surface area contributed by atoms with Gasteiger partial charge in [0, 0.05) is 22.4 Å². The van der Waals surface area contributed by atoms with Crippen molar-refractivity contribution in [2.45, 2.75) is 13.8 Å². The Morgan fingerprint density at radius 3 is 2.71 bits per heavy atom. The van der Waals surface area contributed by atoms with Crippen molar-refractivity contribution in [1.29, 1.82) is 0 Å². The molecule has 11 heteroatoms. The smallest absolute Gasteiger partial charge is 0.324 e. The van der Waals surface area contributed by atoms with Gasteiger partial charge in [-0.15, -0.1) is 16.3 Å². The maximum atomic E-state index is 13.1. The van der Waals surface area contributed by atoms with E-state index >= 15 is 0 Å². The number of nitrogens with zero attached hydrogens (tertiary/aromatic N) is 5. The number of fused-ring (bicyclic) bond motifs is 1. The van der Waals surface area contributed by atoms with Crippen molar-refractivity contribution < 1.29 is 24.0 Å². The number of rotatable bonds is 5. The number of ether oxygens (including phenoxy) is 1. The van der Waals surface area contributed by atoms with Crippen LogP contribution in [0, 0.1) is 6.92 Å². The lowest BCUT2D eigenvalue weighted by atomic mass is 9.93. The quantitative estimate of drug-likeness (QED) is 0.198. The van der Waals surface area contributed by atoms with Crippen LogP contribution in [0.4, 0.5) is 11.6 Å². The molecule has 0 radical (unpaired) electrons. The van der Waals surface area contributed by atoms with Crippen molar-refractivity contribution in [3.8, 4) is 11.1 Å². The molecule has 1 aromatic carbocycles. The molecule has 0 spiro atoms. The van der Waals surface area contributed by atoms with E-state index in [0.29, 0.717) is 53.3 Å². The molecule has 4 heterocycles. The number of anilines is 1. The Labute approximate surface area is 198 Å². The normalized spacial score (nSPS) is 14.6. The molecule has 1 aliphatic rings. The van der Waals surface area contributed by atoms with Crippen molar-refractivity contribution in [1.82, 2.24) is 10.3 Å². The molecule has 0 atom stereocenters. The van der Waals surface area contributed by atoms with Crippen LogP contribution in [-0.4, -0.2) is 48.2 Å². The Bertz CT molecular complexity index is 1410. The summed E-state index contributed by atoms with van der Waals surface area (Å²) in [7, 11) is 0. The lowest BCUT2D eigenvalue weighted by Gasteiger charge is -2.18. The van der Waals surface area contributed by atoms with Crippen LogP contribution in [0.5, 0.6) is 0 Å². The summed E-state index contributed by atoms with van der Waals surface area (Å²) in [5.41, 5.74) is 9.28. The first-order valence-electron chi connectivity index (χ1n) is 10.7. The minimum absolute atomic E-state index is 0.0604. The predicted octanol–water partition coefficient (Wildman–Crippen LogP) is 1.74. The van der Waals surface area contributed by atoms with Crippen molar-refractivity contribution in [2.75, 3.05) is 37.0 Å². The molecule has 1 aliphatic heterocycles. The Balaban J connectivity index is 1.61. The number of benzene rings is 1. The van der Waals surface area contributed by atoms with Crippen LogP contribution in [0.25, 0.3) is 21.3 Å². The average molecular weight is 479 g/mol. The second kappa shape index (κ2) is 8.84. The lowest BCUT2D eigenvalue weighted by Crippen LogP contribution is -2.62.